The van der Waals surface area contributed by atoms with Crippen LogP contribution in [0.4, 0.5) is 0 Å². The van der Waals surface area contributed by atoms with Crippen LogP contribution in [-0.2, 0) is 0 Å². The molecule has 1 aromatic heterocycles. The maximum absolute atomic E-state index is 4.78. The molecule has 0 bridgehead atoms. The zero-order valence-electron chi connectivity index (χ0n) is 9.73. The summed E-state index contributed by atoms with van der Waals surface area (Å²) in [5, 5.41) is 6.81. The quantitative estimate of drug-likeness (QED) is 0.877. The van der Waals surface area contributed by atoms with Crippen molar-refractivity contribution in [3.63, 3.8) is 0 Å². The van der Waals surface area contributed by atoms with Crippen LogP contribution in [0.1, 0.15) is 24.5 Å². The standard InChI is InChI=1S/C14H16N2S/c1-2-5-11(6-3-1)14-16-13(10-17-14)12-7-4-8-15-9-12/h1-3,5-6,10,12,15H,4,7-9H2. The molecule has 88 valence electrons. The molecule has 1 atom stereocenters. The minimum absolute atomic E-state index is 0.609. The van der Waals surface area contributed by atoms with Gasteiger partial charge >= 0.3 is 0 Å². The molecule has 17 heavy (non-hydrogen) atoms. The van der Waals surface area contributed by atoms with Crippen LogP contribution in [0.2, 0.25) is 0 Å². The predicted octanol–water partition coefficient (Wildman–Crippen LogP) is 3.28. The lowest BCUT2D eigenvalue weighted by Gasteiger charge is -2.20. The van der Waals surface area contributed by atoms with Crippen molar-refractivity contribution < 1.29 is 0 Å². The Hall–Kier alpha value is -1.19. The summed E-state index contributed by atoms with van der Waals surface area (Å²) in [5.74, 6) is 0.609. The van der Waals surface area contributed by atoms with Gasteiger partial charge in [-0.2, -0.15) is 0 Å². The Morgan fingerprint density at radius 2 is 2.12 bits per heavy atom. The Morgan fingerprint density at radius 1 is 1.24 bits per heavy atom. The minimum Gasteiger partial charge on any atom is -0.316 e. The zero-order valence-corrected chi connectivity index (χ0v) is 10.5. The van der Waals surface area contributed by atoms with Crippen molar-refractivity contribution in [3.05, 3.63) is 41.4 Å². The summed E-state index contributed by atoms with van der Waals surface area (Å²) in [7, 11) is 0. The zero-order chi connectivity index (χ0) is 11.5. The van der Waals surface area contributed by atoms with Gasteiger partial charge in [0.25, 0.3) is 0 Å². The normalized spacial score (nSPS) is 20.4. The molecule has 3 rings (SSSR count). The van der Waals surface area contributed by atoms with Crippen LogP contribution >= 0.6 is 11.3 Å². The molecule has 1 N–H and O–H groups in total. The molecular formula is C14H16N2S. The number of rotatable bonds is 2. The monoisotopic (exact) mass is 244 g/mol. The number of hydrogen-bond donors (Lipinski definition) is 1. The molecule has 1 aromatic carbocycles. The van der Waals surface area contributed by atoms with Gasteiger partial charge in [-0.15, -0.1) is 11.3 Å². The van der Waals surface area contributed by atoms with Crippen molar-refractivity contribution in [3.8, 4) is 10.6 Å². The van der Waals surface area contributed by atoms with Crippen LogP contribution in [0.5, 0.6) is 0 Å². The van der Waals surface area contributed by atoms with Gasteiger partial charge in [-0.1, -0.05) is 30.3 Å². The van der Waals surface area contributed by atoms with Gasteiger partial charge in [0.15, 0.2) is 0 Å². The van der Waals surface area contributed by atoms with Crippen LogP contribution < -0.4 is 5.32 Å². The van der Waals surface area contributed by atoms with E-state index in [1.54, 1.807) is 11.3 Å². The molecule has 3 heteroatoms. The summed E-state index contributed by atoms with van der Waals surface area (Å²) >= 11 is 1.76. The SMILES string of the molecule is c1ccc(-c2nc(C3CCCNC3)cs2)cc1. The van der Waals surface area contributed by atoms with E-state index in [0.29, 0.717) is 5.92 Å². The predicted molar refractivity (Wildman–Crippen MR) is 72.4 cm³/mol. The highest BCUT2D eigenvalue weighted by Crippen LogP contribution is 2.29. The lowest BCUT2D eigenvalue weighted by Crippen LogP contribution is -2.28. The number of nitrogens with one attached hydrogen (secondary N) is 1. The number of nitrogens with zero attached hydrogens (tertiary/aromatic N) is 1. The number of thiazole rings is 1. The van der Waals surface area contributed by atoms with E-state index in [2.05, 4.69) is 35.0 Å². The first-order valence-corrected chi connectivity index (χ1v) is 7.03. The van der Waals surface area contributed by atoms with E-state index in [4.69, 9.17) is 4.98 Å². The summed E-state index contributed by atoms with van der Waals surface area (Å²) in [6.07, 6.45) is 2.54. The van der Waals surface area contributed by atoms with E-state index in [1.165, 1.54) is 24.1 Å². The molecule has 1 unspecified atom stereocenters. The van der Waals surface area contributed by atoms with Crippen LogP contribution in [-0.4, -0.2) is 18.1 Å². The number of piperidine rings is 1. The molecule has 2 nitrogen and oxygen atoms in total. The largest absolute Gasteiger partial charge is 0.316 e. The average molecular weight is 244 g/mol. The van der Waals surface area contributed by atoms with Crippen molar-refractivity contribution in [2.45, 2.75) is 18.8 Å². The van der Waals surface area contributed by atoms with Gasteiger partial charge in [0.05, 0.1) is 5.69 Å². The molecule has 1 aliphatic rings. The number of aromatic nitrogens is 1. The minimum atomic E-state index is 0.609. The molecule has 2 heterocycles. The molecule has 0 aliphatic carbocycles. The highest BCUT2D eigenvalue weighted by atomic mass is 32.1. The van der Waals surface area contributed by atoms with E-state index in [0.717, 1.165) is 18.1 Å². The first-order chi connectivity index (χ1) is 8.43. The average Bonchev–Trinajstić information content (AvgIpc) is 2.90. The molecule has 1 aliphatic heterocycles. The molecule has 0 spiro atoms. The lowest BCUT2D eigenvalue weighted by molar-refractivity contribution is 0.456. The lowest BCUT2D eigenvalue weighted by atomic mass is 9.97. The first-order valence-electron chi connectivity index (χ1n) is 6.15. The fourth-order valence-electron chi connectivity index (χ4n) is 2.29. The molecular weight excluding hydrogens is 228 g/mol. The number of hydrogen-bond acceptors (Lipinski definition) is 3. The summed E-state index contributed by atoms with van der Waals surface area (Å²) in [6.45, 7) is 2.24. The molecule has 0 saturated carbocycles. The van der Waals surface area contributed by atoms with Crippen molar-refractivity contribution in [2.24, 2.45) is 0 Å². The van der Waals surface area contributed by atoms with Gasteiger partial charge in [0.1, 0.15) is 5.01 Å². The second-order valence-electron chi connectivity index (χ2n) is 4.49. The van der Waals surface area contributed by atoms with E-state index >= 15 is 0 Å². The van der Waals surface area contributed by atoms with Gasteiger partial charge in [0, 0.05) is 23.4 Å². The van der Waals surface area contributed by atoms with Gasteiger partial charge in [-0.3, -0.25) is 0 Å². The highest BCUT2D eigenvalue weighted by molar-refractivity contribution is 7.13. The maximum atomic E-state index is 4.78. The van der Waals surface area contributed by atoms with Gasteiger partial charge in [-0.25, -0.2) is 4.98 Å². The second-order valence-corrected chi connectivity index (χ2v) is 5.34. The van der Waals surface area contributed by atoms with Crippen molar-refractivity contribution in [1.82, 2.24) is 10.3 Å². The fraction of sp³-hybridized carbons (Fsp3) is 0.357. The maximum Gasteiger partial charge on any atom is 0.123 e. The molecule has 0 radical (unpaired) electrons. The summed E-state index contributed by atoms with van der Waals surface area (Å²) < 4.78 is 0. The third kappa shape index (κ3) is 2.40. The second kappa shape index (κ2) is 4.98. The van der Waals surface area contributed by atoms with Gasteiger partial charge < -0.3 is 5.32 Å². The van der Waals surface area contributed by atoms with E-state index < -0.39 is 0 Å². The highest BCUT2D eigenvalue weighted by Gasteiger charge is 2.18. The van der Waals surface area contributed by atoms with Crippen LogP contribution in [0.15, 0.2) is 35.7 Å². The Morgan fingerprint density at radius 3 is 2.88 bits per heavy atom. The summed E-state index contributed by atoms with van der Waals surface area (Å²) in [6, 6.07) is 10.4. The Bertz CT molecular complexity index is 472. The Balaban J connectivity index is 1.83. The molecule has 1 fully saturated rings. The summed E-state index contributed by atoms with van der Waals surface area (Å²) in [5.41, 5.74) is 2.49. The van der Waals surface area contributed by atoms with E-state index in [1.807, 2.05) is 6.07 Å². The van der Waals surface area contributed by atoms with Crippen LogP contribution in [0.25, 0.3) is 10.6 Å². The van der Waals surface area contributed by atoms with Crippen molar-refractivity contribution in [2.75, 3.05) is 13.1 Å². The summed E-state index contributed by atoms with van der Waals surface area (Å²) in [4.78, 5) is 4.78. The van der Waals surface area contributed by atoms with Crippen molar-refractivity contribution >= 4 is 11.3 Å². The van der Waals surface area contributed by atoms with E-state index in [9.17, 15) is 0 Å². The Kier molecular flexibility index (Phi) is 3.20. The topological polar surface area (TPSA) is 24.9 Å². The van der Waals surface area contributed by atoms with Crippen LogP contribution in [0.3, 0.4) is 0 Å². The van der Waals surface area contributed by atoms with Crippen LogP contribution in [0, 0.1) is 0 Å². The molecule has 0 amide bonds. The fourth-order valence-corrected chi connectivity index (χ4v) is 3.20. The first kappa shape index (κ1) is 10.9. The van der Waals surface area contributed by atoms with Gasteiger partial charge in [0.2, 0.25) is 0 Å². The number of benzene rings is 1. The third-order valence-electron chi connectivity index (χ3n) is 3.26. The molecule has 1 saturated heterocycles. The smallest absolute Gasteiger partial charge is 0.123 e. The molecule has 2 aromatic rings. The Labute approximate surface area is 106 Å². The van der Waals surface area contributed by atoms with Crippen molar-refractivity contribution in [1.29, 1.82) is 0 Å². The third-order valence-corrected chi connectivity index (χ3v) is 4.17. The van der Waals surface area contributed by atoms with Gasteiger partial charge in [-0.05, 0) is 19.4 Å². The van der Waals surface area contributed by atoms with E-state index in [-0.39, 0.29) is 0 Å².